The molecule has 1 amide bonds. The zero-order valence-corrected chi connectivity index (χ0v) is 12.6. The summed E-state index contributed by atoms with van der Waals surface area (Å²) in [6, 6.07) is 13.4. The van der Waals surface area contributed by atoms with Crippen LogP contribution in [0.1, 0.15) is 10.6 Å². The summed E-state index contributed by atoms with van der Waals surface area (Å²) in [6.07, 6.45) is 3.30. The minimum absolute atomic E-state index is 0.199. The van der Waals surface area contributed by atoms with Gasteiger partial charge < -0.3 is 14.7 Å². The quantitative estimate of drug-likeness (QED) is 0.541. The Morgan fingerprint density at radius 2 is 2.09 bits per heavy atom. The predicted octanol–water partition coefficient (Wildman–Crippen LogP) is 3.19. The van der Waals surface area contributed by atoms with Crippen molar-refractivity contribution in [3.63, 3.8) is 0 Å². The summed E-state index contributed by atoms with van der Waals surface area (Å²) in [7, 11) is 0. The van der Waals surface area contributed by atoms with E-state index in [9.17, 15) is 4.79 Å². The molecule has 0 fully saturated rings. The van der Waals surface area contributed by atoms with E-state index in [1.54, 1.807) is 23.9 Å². The molecular weight excluding hydrogens is 298 g/mol. The van der Waals surface area contributed by atoms with Gasteiger partial charge in [0.2, 0.25) is 0 Å². The van der Waals surface area contributed by atoms with Crippen molar-refractivity contribution >= 4 is 17.7 Å². The Labute approximate surface area is 132 Å². The SMILES string of the molecule is O=C(NCCSc1ncc(-c2ccccc2)[nH]1)c1ccco1. The maximum Gasteiger partial charge on any atom is 0.287 e. The third-order valence-corrected chi connectivity index (χ3v) is 3.90. The molecule has 3 aromatic rings. The first-order valence-electron chi connectivity index (χ1n) is 6.88. The molecule has 6 heteroatoms. The highest BCUT2D eigenvalue weighted by Crippen LogP contribution is 2.20. The molecule has 0 bridgehead atoms. The van der Waals surface area contributed by atoms with E-state index in [0.29, 0.717) is 12.3 Å². The number of carbonyl (C=O) groups is 1. The Morgan fingerprint density at radius 3 is 2.86 bits per heavy atom. The summed E-state index contributed by atoms with van der Waals surface area (Å²) < 4.78 is 5.03. The van der Waals surface area contributed by atoms with E-state index < -0.39 is 0 Å². The van der Waals surface area contributed by atoms with Crippen LogP contribution in [-0.4, -0.2) is 28.2 Å². The van der Waals surface area contributed by atoms with Crippen LogP contribution in [0.3, 0.4) is 0 Å². The van der Waals surface area contributed by atoms with Crippen LogP contribution in [0, 0.1) is 0 Å². The third kappa shape index (κ3) is 3.59. The number of hydrogen-bond acceptors (Lipinski definition) is 4. The average Bonchev–Trinajstić information content (AvgIpc) is 3.24. The summed E-state index contributed by atoms with van der Waals surface area (Å²) >= 11 is 1.56. The lowest BCUT2D eigenvalue weighted by Gasteiger charge is -2.01. The molecule has 0 spiro atoms. The van der Waals surface area contributed by atoms with Crippen molar-refractivity contribution in [2.45, 2.75) is 5.16 Å². The highest BCUT2D eigenvalue weighted by Gasteiger charge is 2.07. The molecule has 2 aromatic heterocycles. The molecule has 0 aliphatic rings. The number of aromatic amines is 1. The Morgan fingerprint density at radius 1 is 1.23 bits per heavy atom. The molecule has 5 nitrogen and oxygen atoms in total. The third-order valence-electron chi connectivity index (χ3n) is 3.01. The molecule has 2 heterocycles. The molecule has 22 heavy (non-hydrogen) atoms. The zero-order chi connectivity index (χ0) is 15.2. The van der Waals surface area contributed by atoms with E-state index in [1.807, 2.05) is 36.5 Å². The minimum Gasteiger partial charge on any atom is -0.459 e. The fourth-order valence-corrected chi connectivity index (χ4v) is 2.65. The van der Waals surface area contributed by atoms with Crippen LogP contribution in [0.2, 0.25) is 0 Å². The number of nitrogens with zero attached hydrogens (tertiary/aromatic N) is 1. The molecule has 0 aliphatic heterocycles. The van der Waals surface area contributed by atoms with Crippen LogP contribution >= 0.6 is 11.8 Å². The fraction of sp³-hybridized carbons (Fsp3) is 0.125. The first-order valence-corrected chi connectivity index (χ1v) is 7.86. The summed E-state index contributed by atoms with van der Waals surface area (Å²) in [5.41, 5.74) is 2.09. The van der Waals surface area contributed by atoms with Gasteiger partial charge in [-0.2, -0.15) is 0 Å². The molecule has 112 valence electrons. The number of H-pyrrole nitrogens is 1. The van der Waals surface area contributed by atoms with E-state index in [4.69, 9.17) is 4.42 Å². The van der Waals surface area contributed by atoms with Crippen molar-refractivity contribution in [1.82, 2.24) is 15.3 Å². The molecule has 1 aromatic carbocycles. The largest absolute Gasteiger partial charge is 0.459 e. The van der Waals surface area contributed by atoms with Gasteiger partial charge in [0.1, 0.15) is 0 Å². The number of hydrogen-bond donors (Lipinski definition) is 2. The first-order chi connectivity index (χ1) is 10.8. The van der Waals surface area contributed by atoms with Crippen LogP contribution in [-0.2, 0) is 0 Å². The molecule has 0 unspecified atom stereocenters. The molecular formula is C16H15N3O2S. The number of imidazole rings is 1. The predicted molar refractivity (Wildman–Crippen MR) is 85.8 cm³/mol. The van der Waals surface area contributed by atoms with E-state index in [2.05, 4.69) is 15.3 Å². The summed E-state index contributed by atoms with van der Waals surface area (Å²) in [5.74, 6) is 0.859. The van der Waals surface area contributed by atoms with Crippen molar-refractivity contribution in [2.24, 2.45) is 0 Å². The molecule has 3 rings (SSSR count). The normalized spacial score (nSPS) is 10.5. The van der Waals surface area contributed by atoms with Gasteiger partial charge in [-0.25, -0.2) is 4.98 Å². The maximum atomic E-state index is 11.7. The smallest absolute Gasteiger partial charge is 0.287 e. The average molecular weight is 313 g/mol. The van der Waals surface area contributed by atoms with E-state index in [0.717, 1.165) is 22.2 Å². The Balaban J connectivity index is 1.47. The summed E-state index contributed by atoms with van der Waals surface area (Å²) in [4.78, 5) is 19.3. The number of thioether (sulfide) groups is 1. The van der Waals surface area contributed by atoms with Crippen molar-refractivity contribution in [2.75, 3.05) is 12.3 Å². The molecule has 0 saturated carbocycles. The van der Waals surface area contributed by atoms with Crippen LogP contribution in [0.4, 0.5) is 0 Å². The molecule has 0 saturated heterocycles. The van der Waals surface area contributed by atoms with Crippen LogP contribution < -0.4 is 5.32 Å². The van der Waals surface area contributed by atoms with Gasteiger partial charge >= 0.3 is 0 Å². The van der Waals surface area contributed by atoms with Crippen molar-refractivity contribution < 1.29 is 9.21 Å². The van der Waals surface area contributed by atoms with Crippen molar-refractivity contribution in [3.8, 4) is 11.3 Å². The van der Waals surface area contributed by atoms with Gasteiger partial charge in [0.15, 0.2) is 10.9 Å². The molecule has 2 N–H and O–H groups in total. The maximum absolute atomic E-state index is 11.7. The standard InChI is InChI=1S/C16H15N3O2S/c20-15(14-7-4-9-21-14)17-8-10-22-16-18-11-13(19-16)12-5-2-1-3-6-12/h1-7,9,11H,8,10H2,(H,17,20)(H,18,19). The Kier molecular flexibility index (Phi) is 4.60. The second-order valence-electron chi connectivity index (χ2n) is 4.55. The number of aromatic nitrogens is 2. The lowest BCUT2D eigenvalue weighted by atomic mass is 10.2. The Hall–Kier alpha value is -2.47. The molecule has 0 aliphatic carbocycles. The van der Waals surface area contributed by atoms with Crippen LogP contribution in [0.5, 0.6) is 0 Å². The highest BCUT2D eigenvalue weighted by atomic mass is 32.2. The number of amides is 1. The fourth-order valence-electron chi connectivity index (χ4n) is 1.95. The number of carbonyl (C=O) groups excluding carboxylic acids is 1. The topological polar surface area (TPSA) is 70.9 Å². The van der Waals surface area contributed by atoms with Crippen LogP contribution in [0.25, 0.3) is 11.3 Å². The van der Waals surface area contributed by atoms with Gasteiger partial charge in [-0.3, -0.25) is 4.79 Å². The van der Waals surface area contributed by atoms with Gasteiger partial charge in [-0.1, -0.05) is 42.1 Å². The number of rotatable bonds is 6. The number of nitrogens with one attached hydrogen (secondary N) is 2. The summed E-state index contributed by atoms with van der Waals surface area (Å²) in [5, 5.41) is 3.64. The first kappa shape index (κ1) is 14.5. The van der Waals surface area contributed by atoms with E-state index in [-0.39, 0.29) is 5.91 Å². The van der Waals surface area contributed by atoms with Gasteiger partial charge in [0.25, 0.3) is 5.91 Å². The highest BCUT2D eigenvalue weighted by molar-refractivity contribution is 7.99. The minimum atomic E-state index is -0.199. The van der Waals surface area contributed by atoms with Gasteiger partial charge in [-0.05, 0) is 17.7 Å². The van der Waals surface area contributed by atoms with Gasteiger partial charge in [0.05, 0.1) is 18.2 Å². The van der Waals surface area contributed by atoms with Crippen molar-refractivity contribution in [1.29, 1.82) is 0 Å². The van der Waals surface area contributed by atoms with Gasteiger partial charge in [-0.15, -0.1) is 0 Å². The molecule has 0 radical (unpaired) electrons. The zero-order valence-electron chi connectivity index (χ0n) is 11.8. The van der Waals surface area contributed by atoms with E-state index >= 15 is 0 Å². The molecule has 0 atom stereocenters. The van der Waals surface area contributed by atoms with Crippen molar-refractivity contribution in [3.05, 3.63) is 60.7 Å². The van der Waals surface area contributed by atoms with Gasteiger partial charge in [0, 0.05) is 12.3 Å². The van der Waals surface area contributed by atoms with E-state index in [1.165, 1.54) is 6.26 Å². The number of furan rings is 1. The lowest BCUT2D eigenvalue weighted by molar-refractivity contribution is 0.0928. The number of benzene rings is 1. The van der Waals surface area contributed by atoms with Crippen LogP contribution in [0.15, 0.2) is 64.5 Å². The Bertz CT molecular complexity index is 723. The lowest BCUT2D eigenvalue weighted by Crippen LogP contribution is -2.25. The second-order valence-corrected chi connectivity index (χ2v) is 5.63. The second kappa shape index (κ2) is 7.00. The summed E-state index contributed by atoms with van der Waals surface area (Å²) in [6.45, 7) is 0.547. The monoisotopic (exact) mass is 313 g/mol.